The third-order valence-electron chi connectivity index (χ3n) is 4.06. The lowest BCUT2D eigenvalue weighted by molar-refractivity contribution is -0.136. The van der Waals surface area contributed by atoms with Gasteiger partial charge in [-0.05, 0) is 44.6 Å². The molecule has 1 aliphatic rings. The molecule has 0 aliphatic carbocycles. The molecule has 0 spiro atoms. The molecule has 6 nitrogen and oxygen atoms in total. The van der Waals surface area contributed by atoms with Crippen LogP contribution < -0.4 is 0 Å². The topological polar surface area (TPSA) is 81.1 Å². The number of amides is 1. The number of carbonyl (C=O) groups excluding carboxylic acids is 1. The van der Waals surface area contributed by atoms with Gasteiger partial charge in [0.25, 0.3) is 0 Å². The largest absolute Gasteiger partial charge is 0.478 e. The maximum Gasteiger partial charge on any atom is 0.335 e. The first-order chi connectivity index (χ1) is 10.3. The smallest absolute Gasteiger partial charge is 0.335 e. The summed E-state index contributed by atoms with van der Waals surface area (Å²) in [5.41, 5.74) is -0.0884. The van der Waals surface area contributed by atoms with Crippen LogP contribution in [-0.2, 0) is 10.4 Å². The van der Waals surface area contributed by atoms with Crippen LogP contribution in [0.4, 0.5) is 0 Å². The normalized spacial score (nSPS) is 17.5. The van der Waals surface area contributed by atoms with E-state index in [0.717, 1.165) is 0 Å². The molecule has 0 saturated carbocycles. The molecule has 0 aromatic heterocycles. The molecule has 6 heteroatoms. The molecule has 1 aromatic rings. The highest BCUT2D eigenvalue weighted by Gasteiger charge is 2.35. The number of hydrogen-bond donors (Lipinski definition) is 2. The Morgan fingerprint density at radius 2 is 1.73 bits per heavy atom. The molecule has 0 bridgehead atoms. The SMILES string of the molecule is CN(C)CC(=O)N1CCC(O)(c2ccc(C(=O)O)cc2)CC1. The highest BCUT2D eigenvalue weighted by atomic mass is 16.4. The highest BCUT2D eigenvalue weighted by molar-refractivity contribution is 5.87. The van der Waals surface area contributed by atoms with Crippen molar-refractivity contribution >= 4 is 11.9 Å². The average Bonchev–Trinajstić information content (AvgIpc) is 2.47. The van der Waals surface area contributed by atoms with E-state index in [2.05, 4.69) is 0 Å². The van der Waals surface area contributed by atoms with Gasteiger partial charge in [-0.2, -0.15) is 0 Å². The van der Waals surface area contributed by atoms with E-state index in [-0.39, 0.29) is 11.5 Å². The molecule has 1 aliphatic heterocycles. The summed E-state index contributed by atoms with van der Waals surface area (Å²) in [6.07, 6.45) is 0.914. The lowest BCUT2D eigenvalue weighted by Crippen LogP contribution is -2.47. The monoisotopic (exact) mass is 306 g/mol. The number of aliphatic hydroxyl groups is 1. The minimum absolute atomic E-state index is 0.0632. The van der Waals surface area contributed by atoms with Crippen molar-refractivity contribution in [3.05, 3.63) is 35.4 Å². The maximum atomic E-state index is 12.0. The Morgan fingerprint density at radius 1 is 1.18 bits per heavy atom. The first-order valence-electron chi connectivity index (χ1n) is 7.30. The summed E-state index contributed by atoms with van der Waals surface area (Å²) in [5.74, 6) is -0.920. The molecular weight excluding hydrogens is 284 g/mol. The Balaban J connectivity index is 2.02. The Hall–Kier alpha value is -1.92. The van der Waals surface area contributed by atoms with Crippen molar-refractivity contribution in [3.8, 4) is 0 Å². The van der Waals surface area contributed by atoms with Crippen LogP contribution in [-0.4, -0.2) is 65.6 Å². The second-order valence-electron chi connectivity index (χ2n) is 6.03. The number of carboxylic acids is 1. The summed E-state index contributed by atoms with van der Waals surface area (Å²) in [6.45, 7) is 1.37. The number of rotatable bonds is 4. The van der Waals surface area contributed by atoms with Crippen molar-refractivity contribution in [2.24, 2.45) is 0 Å². The molecule has 1 heterocycles. The first kappa shape index (κ1) is 16.5. The lowest BCUT2D eigenvalue weighted by atomic mass is 9.84. The van der Waals surface area contributed by atoms with Gasteiger partial charge in [0.15, 0.2) is 0 Å². The fourth-order valence-corrected chi connectivity index (χ4v) is 2.71. The molecule has 2 rings (SSSR count). The highest BCUT2D eigenvalue weighted by Crippen LogP contribution is 2.32. The minimum Gasteiger partial charge on any atom is -0.478 e. The number of piperidine rings is 1. The van der Waals surface area contributed by atoms with Gasteiger partial charge in [-0.3, -0.25) is 4.79 Å². The van der Waals surface area contributed by atoms with Crippen LogP contribution in [0.15, 0.2) is 24.3 Å². The van der Waals surface area contributed by atoms with Gasteiger partial charge in [0.05, 0.1) is 17.7 Å². The van der Waals surface area contributed by atoms with Gasteiger partial charge in [-0.15, -0.1) is 0 Å². The van der Waals surface area contributed by atoms with Crippen molar-refractivity contribution in [3.63, 3.8) is 0 Å². The van der Waals surface area contributed by atoms with Crippen molar-refractivity contribution in [1.29, 1.82) is 0 Å². The summed E-state index contributed by atoms with van der Waals surface area (Å²) in [7, 11) is 3.70. The van der Waals surface area contributed by atoms with E-state index >= 15 is 0 Å². The molecule has 1 aromatic carbocycles. The molecule has 120 valence electrons. The third kappa shape index (κ3) is 3.64. The van der Waals surface area contributed by atoms with Crippen LogP contribution in [0.3, 0.4) is 0 Å². The zero-order chi connectivity index (χ0) is 16.3. The van der Waals surface area contributed by atoms with Crippen LogP contribution in [0.1, 0.15) is 28.8 Å². The summed E-state index contributed by atoms with van der Waals surface area (Å²) in [4.78, 5) is 26.5. The second-order valence-corrected chi connectivity index (χ2v) is 6.03. The van der Waals surface area contributed by atoms with Crippen LogP contribution in [0.25, 0.3) is 0 Å². The number of likely N-dealkylation sites (N-methyl/N-ethyl adjacent to an activating group) is 1. The van der Waals surface area contributed by atoms with E-state index in [4.69, 9.17) is 5.11 Å². The standard InChI is InChI=1S/C16H22N2O4/c1-17(2)11-14(19)18-9-7-16(22,8-10-18)13-5-3-12(4-6-13)15(20)21/h3-6,22H,7-11H2,1-2H3,(H,20,21). The van der Waals surface area contributed by atoms with Crippen LogP contribution in [0.2, 0.25) is 0 Å². The van der Waals surface area contributed by atoms with Gasteiger partial charge in [-0.1, -0.05) is 12.1 Å². The number of hydrogen-bond acceptors (Lipinski definition) is 4. The molecule has 1 amide bonds. The first-order valence-corrected chi connectivity index (χ1v) is 7.30. The quantitative estimate of drug-likeness (QED) is 0.858. The number of benzene rings is 1. The van der Waals surface area contributed by atoms with Gasteiger partial charge < -0.3 is 20.0 Å². The summed E-state index contributed by atoms with van der Waals surface area (Å²) >= 11 is 0. The molecule has 1 saturated heterocycles. The van der Waals surface area contributed by atoms with Gasteiger partial charge in [-0.25, -0.2) is 4.79 Å². The predicted octanol–water partition coefficient (Wildman–Crippen LogP) is 0.756. The van der Waals surface area contributed by atoms with Crippen LogP contribution in [0.5, 0.6) is 0 Å². The van der Waals surface area contributed by atoms with Crippen molar-refractivity contribution in [2.45, 2.75) is 18.4 Å². The fourth-order valence-electron chi connectivity index (χ4n) is 2.71. The molecule has 0 atom stereocenters. The molecular formula is C16H22N2O4. The number of nitrogens with zero attached hydrogens (tertiary/aromatic N) is 2. The second kappa shape index (κ2) is 6.46. The fraction of sp³-hybridized carbons (Fsp3) is 0.500. The summed E-state index contributed by atoms with van der Waals surface area (Å²) in [5, 5.41) is 19.7. The van der Waals surface area contributed by atoms with Gasteiger partial charge in [0.1, 0.15) is 0 Å². The van der Waals surface area contributed by atoms with Crippen molar-refractivity contribution in [1.82, 2.24) is 9.80 Å². The number of aromatic carboxylic acids is 1. The Labute approximate surface area is 130 Å². The van der Waals surface area contributed by atoms with E-state index in [9.17, 15) is 14.7 Å². The van der Waals surface area contributed by atoms with Crippen LogP contribution >= 0.6 is 0 Å². The predicted molar refractivity (Wildman–Crippen MR) is 81.7 cm³/mol. The number of carbonyl (C=O) groups is 2. The Bertz CT molecular complexity index is 546. The minimum atomic E-state index is -0.994. The molecule has 22 heavy (non-hydrogen) atoms. The van der Waals surface area contributed by atoms with Crippen molar-refractivity contribution < 1.29 is 19.8 Å². The van der Waals surface area contributed by atoms with E-state index in [0.29, 0.717) is 38.0 Å². The Kier molecular flexibility index (Phi) is 4.83. The zero-order valence-corrected chi connectivity index (χ0v) is 13.0. The van der Waals surface area contributed by atoms with Crippen molar-refractivity contribution in [2.75, 3.05) is 33.7 Å². The third-order valence-corrected chi connectivity index (χ3v) is 4.06. The molecule has 0 unspecified atom stereocenters. The maximum absolute atomic E-state index is 12.0. The van der Waals surface area contributed by atoms with E-state index in [1.165, 1.54) is 12.1 Å². The summed E-state index contributed by atoms with van der Waals surface area (Å²) < 4.78 is 0. The lowest BCUT2D eigenvalue weighted by Gasteiger charge is -2.39. The van der Waals surface area contributed by atoms with Gasteiger partial charge in [0.2, 0.25) is 5.91 Å². The molecule has 2 N–H and O–H groups in total. The van der Waals surface area contributed by atoms with E-state index in [1.54, 1.807) is 17.0 Å². The van der Waals surface area contributed by atoms with E-state index in [1.807, 2.05) is 19.0 Å². The summed E-state index contributed by atoms with van der Waals surface area (Å²) in [6, 6.07) is 6.31. The van der Waals surface area contributed by atoms with Gasteiger partial charge in [0, 0.05) is 13.1 Å². The zero-order valence-electron chi connectivity index (χ0n) is 13.0. The van der Waals surface area contributed by atoms with Crippen LogP contribution in [0, 0.1) is 0 Å². The average molecular weight is 306 g/mol. The number of carboxylic acid groups (broad SMARTS) is 1. The number of likely N-dealkylation sites (tertiary alicyclic amines) is 1. The molecule has 0 radical (unpaired) electrons. The van der Waals surface area contributed by atoms with Gasteiger partial charge >= 0.3 is 5.97 Å². The Morgan fingerprint density at radius 3 is 2.18 bits per heavy atom. The van der Waals surface area contributed by atoms with E-state index < -0.39 is 11.6 Å². The molecule has 1 fully saturated rings.